The molecule has 0 fully saturated rings. The summed E-state index contributed by atoms with van der Waals surface area (Å²) in [6.07, 6.45) is 1.42. The zero-order chi connectivity index (χ0) is 14.4. The first-order valence-corrected chi connectivity index (χ1v) is 6.02. The molecule has 0 saturated carbocycles. The minimum absolute atomic E-state index is 0.0331. The van der Waals surface area contributed by atoms with E-state index in [0.29, 0.717) is 6.42 Å². The molecule has 1 amide bonds. The molecule has 2 N–H and O–H groups in total. The number of amides is 1. The van der Waals surface area contributed by atoms with Gasteiger partial charge >= 0.3 is 5.97 Å². The Hall–Kier alpha value is -1.98. The molecule has 1 heterocycles. The SMILES string of the molecule is CC(C)CC(CNC(=O)c1ccc(F)cn1)C(=O)O. The summed E-state index contributed by atoms with van der Waals surface area (Å²) >= 11 is 0. The Morgan fingerprint density at radius 2 is 2.11 bits per heavy atom. The molecule has 0 bridgehead atoms. The number of carboxylic acid groups (broad SMARTS) is 1. The summed E-state index contributed by atoms with van der Waals surface area (Å²) < 4.78 is 12.6. The third-order valence-corrected chi connectivity index (χ3v) is 2.57. The van der Waals surface area contributed by atoms with E-state index in [1.165, 1.54) is 6.07 Å². The number of pyridine rings is 1. The van der Waals surface area contributed by atoms with Crippen molar-refractivity contribution in [2.24, 2.45) is 11.8 Å². The van der Waals surface area contributed by atoms with Crippen molar-refractivity contribution in [3.8, 4) is 0 Å². The predicted octanol–water partition coefficient (Wildman–Crippen LogP) is 1.70. The van der Waals surface area contributed by atoms with Crippen LogP contribution < -0.4 is 5.32 Å². The molecule has 1 atom stereocenters. The summed E-state index contributed by atoms with van der Waals surface area (Å²) in [6, 6.07) is 2.38. The Morgan fingerprint density at radius 3 is 2.58 bits per heavy atom. The number of hydrogen-bond donors (Lipinski definition) is 2. The number of carboxylic acids is 1. The van der Waals surface area contributed by atoms with Crippen LogP contribution in [0.25, 0.3) is 0 Å². The van der Waals surface area contributed by atoms with Crippen LogP contribution in [0.4, 0.5) is 4.39 Å². The van der Waals surface area contributed by atoms with E-state index in [4.69, 9.17) is 5.11 Å². The first-order valence-electron chi connectivity index (χ1n) is 6.02. The summed E-state index contributed by atoms with van der Waals surface area (Å²) in [7, 11) is 0. The number of carbonyl (C=O) groups is 2. The van der Waals surface area contributed by atoms with Crippen LogP contribution in [0.3, 0.4) is 0 Å². The number of carbonyl (C=O) groups excluding carboxylic acids is 1. The largest absolute Gasteiger partial charge is 0.481 e. The van der Waals surface area contributed by atoms with Gasteiger partial charge in [0.25, 0.3) is 5.91 Å². The first kappa shape index (κ1) is 15.1. The van der Waals surface area contributed by atoms with Crippen LogP contribution >= 0.6 is 0 Å². The Balaban J connectivity index is 2.56. The van der Waals surface area contributed by atoms with Gasteiger partial charge in [-0.1, -0.05) is 13.8 Å². The lowest BCUT2D eigenvalue weighted by molar-refractivity contribution is -0.142. The highest BCUT2D eigenvalue weighted by atomic mass is 19.1. The lowest BCUT2D eigenvalue weighted by Gasteiger charge is -2.15. The van der Waals surface area contributed by atoms with Crippen LogP contribution in [0.15, 0.2) is 18.3 Å². The maximum absolute atomic E-state index is 12.6. The van der Waals surface area contributed by atoms with Gasteiger partial charge in [-0.3, -0.25) is 9.59 Å². The van der Waals surface area contributed by atoms with Gasteiger partial charge in [-0.15, -0.1) is 0 Å². The zero-order valence-corrected chi connectivity index (χ0v) is 10.9. The Morgan fingerprint density at radius 1 is 1.42 bits per heavy atom. The Kier molecular flexibility index (Phi) is 5.41. The lowest BCUT2D eigenvalue weighted by atomic mass is 9.97. The Bertz CT molecular complexity index is 446. The molecule has 1 aromatic heterocycles. The van der Waals surface area contributed by atoms with Crippen molar-refractivity contribution in [3.05, 3.63) is 29.8 Å². The van der Waals surface area contributed by atoms with Gasteiger partial charge in [0.15, 0.2) is 0 Å². The molecule has 0 aliphatic heterocycles. The minimum atomic E-state index is -0.943. The number of rotatable bonds is 6. The number of aromatic nitrogens is 1. The molecule has 19 heavy (non-hydrogen) atoms. The predicted molar refractivity (Wildman–Crippen MR) is 67.1 cm³/mol. The highest BCUT2D eigenvalue weighted by Crippen LogP contribution is 2.11. The van der Waals surface area contributed by atoms with Crippen molar-refractivity contribution in [1.82, 2.24) is 10.3 Å². The van der Waals surface area contributed by atoms with Gasteiger partial charge in [-0.2, -0.15) is 0 Å². The van der Waals surface area contributed by atoms with Crippen LogP contribution in [0.1, 0.15) is 30.8 Å². The van der Waals surface area contributed by atoms with Crippen LogP contribution in [0.2, 0.25) is 0 Å². The third kappa shape index (κ3) is 5.03. The maximum atomic E-state index is 12.6. The average molecular weight is 268 g/mol. The van der Waals surface area contributed by atoms with Gasteiger partial charge in [0.2, 0.25) is 0 Å². The summed E-state index contributed by atoms with van der Waals surface area (Å²) in [5, 5.41) is 11.5. The lowest BCUT2D eigenvalue weighted by Crippen LogP contribution is -2.34. The van der Waals surface area contributed by atoms with Crippen molar-refractivity contribution < 1.29 is 19.1 Å². The second kappa shape index (κ2) is 6.82. The smallest absolute Gasteiger partial charge is 0.308 e. The normalized spacial score (nSPS) is 12.2. The molecule has 0 aliphatic carbocycles. The van der Waals surface area contributed by atoms with E-state index >= 15 is 0 Å². The third-order valence-electron chi connectivity index (χ3n) is 2.57. The molecule has 6 heteroatoms. The zero-order valence-electron chi connectivity index (χ0n) is 10.9. The number of nitrogens with zero attached hydrogens (tertiary/aromatic N) is 1. The number of aliphatic carboxylic acids is 1. The maximum Gasteiger partial charge on any atom is 0.308 e. The fourth-order valence-electron chi connectivity index (χ4n) is 1.66. The second-order valence-corrected chi connectivity index (χ2v) is 4.74. The fourth-order valence-corrected chi connectivity index (χ4v) is 1.66. The summed E-state index contributed by atoms with van der Waals surface area (Å²) in [5.41, 5.74) is 0.0649. The molecule has 1 unspecified atom stereocenters. The van der Waals surface area contributed by atoms with Crippen molar-refractivity contribution in [2.45, 2.75) is 20.3 Å². The Labute approximate surface area is 110 Å². The fraction of sp³-hybridized carbons (Fsp3) is 0.462. The highest BCUT2D eigenvalue weighted by Gasteiger charge is 2.20. The van der Waals surface area contributed by atoms with E-state index < -0.39 is 23.6 Å². The molecule has 0 radical (unpaired) electrons. The van der Waals surface area contributed by atoms with E-state index in [1.807, 2.05) is 13.8 Å². The number of nitrogens with one attached hydrogen (secondary N) is 1. The monoisotopic (exact) mass is 268 g/mol. The van der Waals surface area contributed by atoms with Crippen LogP contribution in [-0.2, 0) is 4.79 Å². The van der Waals surface area contributed by atoms with Gasteiger partial charge < -0.3 is 10.4 Å². The molecule has 0 aliphatic rings. The molecular weight excluding hydrogens is 251 g/mol. The van der Waals surface area contributed by atoms with Crippen molar-refractivity contribution in [3.63, 3.8) is 0 Å². The number of halogens is 1. The van der Waals surface area contributed by atoms with E-state index in [-0.39, 0.29) is 18.2 Å². The number of hydrogen-bond acceptors (Lipinski definition) is 3. The quantitative estimate of drug-likeness (QED) is 0.823. The molecule has 1 aromatic rings. The molecule has 104 valence electrons. The van der Waals surface area contributed by atoms with Crippen molar-refractivity contribution >= 4 is 11.9 Å². The van der Waals surface area contributed by atoms with E-state index in [0.717, 1.165) is 12.3 Å². The molecular formula is C13H17FN2O3. The highest BCUT2D eigenvalue weighted by molar-refractivity contribution is 5.92. The van der Waals surface area contributed by atoms with Gasteiger partial charge in [0.1, 0.15) is 11.5 Å². The molecule has 0 spiro atoms. The van der Waals surface area contributed by atoms with E-state index in [1.54, 1.807) is 0 Å². The second-order valence-electron chi connectivity index (χ2n) is 4.74. The van der Waals surface area contributed by atoms with Gasteiger partial charge in [0, 0.05) is 6.54 Å². The topological polar surface area (TPSA) is 79.3 Å². The first-order chi connectivity index (χ1) is 8.90. The van der Waals surface area contributed by atoms with Crippen LogP contribution in [0.5, 0.6) is 0 Å². The summed E-state index contributed by atoms with van der Waals surface area (Å²) in [5.74, 6) is -2.39. The van der Waals surface area contributed by atoms with Gasteiger partial charge in [-0.25, -0.2) is 9.37 Å². The van der Waals surface area contributed by atoms with Crippen LogP contribution in [-0.4, -0.2) is 28.5 Å². The molecule has 0 aromatic carbocycles. The summed E-state index contributed by atoms with van der Waals surface area (Å²) in [6.45, 7) is 3.87. The standard InChI is InChI=1S/C13H17FN2O3/c1-8(2)5-9(13(18)19)6-16-12(17)11-4-3-10(14)7-15-11/h3-4,7-9H,5-6H2,1-2H3,(H,16,17)(H,18,19). The minimum Gasteiger partial charge on any atom is -0.481 e. The van der Waals surface area contributed by atoms with Crippen LogP contribution in [0, 0.1) is 17.7 Å². The molecule has 1 rings (SSSR count). The van der Waals surface area contributed by atoms with Crippen molar-refractivity contribution in [2.75, 3.05) is 6.54 Å². The van der Waals surface area contributed by atoms with Crippen molar-refractivity contribution in [1.29, 1.82) is 0 Å². The molecule has 5 nitrogen and oxygen atoms in total. The van der Waals surface area contributed by atoms with Gasteiger partial charge in [0.05, 0.1) is 12.1 Å². The van der Waals surface area contributed by atoms with E-state index in [2.05, 4.69) is 10.3 Å². The van der Waals surface area contributed by atoms with E-state index in [9.17, 15) is 14.0 Å². The van der Waals surface area contributed by atoms with Gasteiger partial charge in [-0.05, 0) is 24.5 Å². The average Bonchev–Trinajstić information content (AvgIpc) is 2.34. The molecule has 0 saturated heterocycles. The summed E-state index contributed by atoms with van der Waals surface area (Å²) in [4.78, 5) is 26.3.